The predicted molar refractivity (Wildman–Crippen MR) is 543 cm³/mol. The number of benzene rings is 12. The molecule has 142 heavy (non-hydrogen) atoms. The van der Waals surface area contributed by atoms with Gasteiger partial charge < -0.3 is 98.1 Å². The number of ether oxygens (including phenoxy) is 9. The number of halogens is 2. The van der Waals surface area contributed by atoms with Crippen LogP contribution in [0.3, 0.4) is 0 Å². The first-order valence-electron chi connectivity index (χ1n) is 43.0. The second kappa shape index (κ2) is 49.7. The molecule has 0 aliphatic rings. The Balaban J connectivity index is 0.000000152. The van der Waals surface area contributed by atoms with Gasteiger partial charge in [-0.05, 0) is 119 Å². The number of aromatic nitrogens is 8. The van der Waals surface area contributed by atoms with Crippen LogP contribution in [0.1, 0.15) is 0 Å². The van der Waals surface area contributed by atoms with Crippen molar-refractivity contribution in [3.8, 4) is 153 Å². The van der Waals surface area contributed by atoms with Crippen molar-refractivity contribution in [2.75, 3.05) is 83.2 Å². The summed E-state index contributed by atoms with van der Waals surface area (Å²) in [4.78, 5) is 67.0. The second-order valence-electron chi connectivity index (χ2n) is 29.9. The predicted octanol–water partition coefficient (Wildman–Crippen LogP) is 21.3. The molecule has 710 valence electrons. The van der Waals surface area contributed by atoms with E-state index in [2.05, 4.69) is 75.9 Å². The third-order valence-corrected chi connectivity index (χ3v) is 21.7. The molecule has 34 heteroatoms. The van der Waals surface area contributed by atoms with E-state index < -0.39 is 5.97 Å². The van der Waals surface area contributed by atoms with Gasteiger partial charge in [-0.15, -0.1) is 0 Å². The van der Waals surface area contributed by atoms with Crippen LogP contribution in [0.4, 0.5) is 22.7 Å². The van der Waals surface area contributed by atoms with Crippen molar-refractivity contribution < 1.29 is 120 Å². The van der Waals surface area contributed by atoms with E-state index in [1.54, 1.807) is 89.1 Å². The van der Waals surface area contributed by atoms with Crippen molar-refractivity contribution in [3.05, 3.63) is 346 Å². The fourth-order valence-electron chi connectivity index (χ4n) is 14.4. The second-order valence-corrected chi connectivity index (χ2v) is 30.9. The van der Waals surface area contributed by atoms with Gasteiger partial charge in [-0.25, -0.2) is 39.9 Å². The fourth-order valence-corrected chi connectivity index (χ4v) is 14.9. The number of nitrogens with one attached hydrogen (secondary N) is 2. The molecule has 0 amide bonds. The van der Waals surface area contributed by atoms with E-state index in [1.807, 2.05) is 249 Å². The molecule has 0 fully saturated rings. The molecule has 0 atom stereocenters. The number of carboxylic acids is 1. The molecule has 8 aromatic heterocycles. The number of esters is 2. The Labute approximate surface area is 848 Å². The average molecular weight is 2000 g/mol. The van der Waals surface area contributed by atoms with E-state index in [0.29, 0.717) is 124 Å². The number of methoxy groups -OCH3 is 6. The van der Waals surface area contributed by atoms with Crippen LogP contribution in [0.15, 0.2) is 358 Å². The van der Waals surface area contributed by atoms with Crippen molar-refractivity contribution in [2.45, 2.75) is 0 Å². The van der Waals surface area contributed by atoms with Crippen molar-refractivity contribution >= 4 is 113 Å². The van der Waals surface area contributed by atoms with Gasteiger partial charge in [0.1, 0.15) is 134 Å². The molecule has 20 rings (SSSR count). The molecule has 0 spiro atoms. The molecule has 0 aliphatic carbocycles. The van der Waals surface area contributed by atoms with Crippen LogP contribution in [0, 0.1) is 0 Å². The number of carboxylic acid groups (broad SMARTS) is 1. The minimum absolute atomic E-state index is 0. The first kappa shape index (κ1) is 102. The number of furan rings is 4. The Morgan fingerprint density at radius 3 is 0.923 bits per heavy atom. The molecule has 20 aromatic rings. The smallest absolute Gasteiger partial charge is 0.870 e. The monoisotopic (exact) mass is 1990 g/mol. The molecule has 0 saturated heterocycles. The summed E-state index contributed by atoms with van der Waals surface area (Å²) < 4.78 is 73.3. The van der Waals surface area contributed by atoms with Crippen LogP contribution in [0.5, 0.6) is 63.6 Å². The number of anilines is 4. The van der Waals surface area contributed by atoms with Gasteiger partial charge in [0.2, 0.25) is 40.5 Å². The molecule has 12 aromatic carbocycles. The number of phenols is 1. The van der Waals surface area contributed by atoms with Crippen molar-refractivity contribution in [1.29, 1.82) is 0 Å². The number of hydrogen-bond donors (Lipinski definition) is 6. The zero-order chi connectivity index (χ0) is 97.8. The number of phenolic OH excluding ortho intramolecular Hbond substituents is 1. The minimum Gasteiger partial charge on any atom is -0.870 e. The molecule has 0 radical (unpaired) electrons. The maximum Gasteiger partial charge on any atom is 1.00 e. The van der Waals surface area contributed by atoms with Gasteiger partial charge in [0, 0.05) is 91.5 Å². The number of carbonyl (C=O) groups excluding carboxylic acids is 2. The van der Waals surface area contributed by atoms with Gasteiger partial charge in [0.05, 0.1) is 48.0 Å². The number of aliphatic carboxylic acids is 1. The molecule has 0 saturated carbocycles. The third kappa shape index (κ3) is 25.6. The Hall–Kier alpha value is -17.1. The number of alkyl halides is 1. The zero-order valence-corrected chi connectivity index (χ0v) is 81.7. The molecule has 0 bridgehead atoms. The number of hydrogen-bond acceptors (Lipinski definition) is 30. The molecule has 0 unspecified atom stereocenters. The SMILES string of the molecule is COC(=O)CBr.COC(=O)CNc1cccc(Oc2ncnc3oc(-c4ccccc4)c(-c4ccc(OC)cc4)c23)c1.COc1ccc(-c2c(-c3ccccc3)oc3ncnc(Cl)c23)cc1.COc1ccc(-c2c(-c3ccccc3)oc3ncnc(Oc4cccc(N)c4)c23)cc1.COc1ccc(-c2c(-c3ccccc3)oc3ncnc(Oc4cccc(NCC(=O)O)c4)c23)cc1.Nc1cccc(O)c1.[Na+].[OH-]. The summed E-state index contributed by atoms with van der Waals surface area (Å²) in [5, 5.41) is 26.8. The summed E-state index contributed by atoms with van der Waals surface area (Å²) in [5.41, 5.74) is 26.1. The molecular weight excluding hydrogens is 1910 g/mol. The maximum absolute atomic E-state index is 11.5. The summed E-state index contributed by atoms with van der Waals surface area (Å²) >= 11 is 9.24. The van der Waals surface area contributed by atoms with E-state index in [1.165, 1.54) is 45.6 Å². The molecule has 8 heterocycles. The Morgan fingerprint density at radius 1 is 0.338 bits per heavy atom. The summed E-state index contributed by atoms with van der Waals surface area (Å²) in [6, 6.07) is 98.2. The maximum atomic E-state index is 11.5. The zero-order valence-electron chi connectivity index (χ0n) is 77.3. The van der Waals surface area contributed by atoms with Gasteiger partial charge in [0.25, 0.3) is 0 Å². The Bertz CT molecular complexity index is 7590. The summed E-state index contributed by atoms with van der Waals surface area (Å²) in [5.74, 6) is 7.09. The largest absolute Gasteiger partial charge is 1.00 e. The van der Waals surface area contributed by atoms with E-state index in [0.717, 1.165) is 95.5 Å². The van der Waals surface area contributed by atoms with Crippen LogP contribution in [-0.2, 0) is 23.9 Å². The van der Waals surface area contributed by atoms with E-state index >= 15 is 0 Å². The van der Waals surface area contributed by atoms with Crippen LogP contribution in [0.25, 0.3) is 134 Å². The van der Waals surface area contributed by atoms with Crippen LogP contribution < -0.4 is 84.8 Å². The molecule has 9 N–H and O–H groups in total. The molecule has 0 aliphatic heterocycles. The number of aromatic hydroxyl groups is 1. The summed E-state index contributed by atoms with van der Waals surface area (Å²) in [7, 11) is 9.23. The topological polar surface area (TPSA) is 437 Å². The van der Waals surface area contributed by atoms with Crippen molar-refractivity contribution in [2.24, 2.45) is 0 Å². The third-order valence-electron chi connectivity index (χ3n) is 20.9. The standard InChI is InChI=1S/C28H23N3O5.C27H21N3O5.C25H19N3O3.C19H13ClN2O2.C6H7NO.C3H5BrO2.Na.H2O/c1-33-21-13-11-18(12-14-21)24-25-27(35-22-10-6-9-20(15-22)29-16-23(32)34-2)30-17-31-28(25)36-26(24)19-7-4-3-5-8-19;1-33-20-12-10-17(11-13-20)23-24-26(34-21-9-5-8-19(14-21)28-15-22(31)32)29-16-30-27(24)35-25(23)18-6-3-2-4-7-18;1-29-19-12-10-16(11-13-19)21-22-24(30-20-9-5-8-18(26)14-20)27-15-28-25(22)31-23(21)17-6-3-2-4-7-17;1-23-14-9-7-12(8-10-14)15-16-18(20)21-11-22-19(16)24-17(15)13-5-3-2-4-6-13;7-5-2-1-3-6(8)4-5;1-6-3(5)2-4;;/h3-15,17,29H,16H2,1-2H3;2-14,16,28H,15H2,1H3,(H,31,32);2-15H,26H2,1H3;2-11H,1H3;1-4,8H,7H2;2H2,1H3;;1H2/q;;;;;;+1;/p-1. The van der Waals surface area contributed by atoms with Crippen molar-refractivity contribution in [3.63, 3.8) is 0 Å². The van der Waals surface area contributed by atoms with E-state index in [-0.39, 0.29) is 71.1 Å². The molecular formula is C108H89BrClN12NaO19. The minimum atomic E-state index is -0.954. The van der Waals surface area contributed by atoms with Crippen LogP contribution >= 0.6 is 27.5 Å². The number of nitrogen functional groups attached to an aromatic ring is 2. The number of carbonyl (C=O) groups is 3. The van der Waals surface area contributed by atoms with Gasteiger partial charge in [-0.3, -0.25) is 14.4 Å². The Morgan fingerprint density at radius 2 is 0.634 bits per heavy atom. The Kier molecular flexibility index (Phi) is 35.8. The normalized spacial score (nSPS) is 10.4. The van der Waals surface area contributed by atoms with Gasteiger partial charge in [-0.1, -0.05) is 222 Å². The number of rotatable bonds is 25. The van der Waals surface area contributed by atoms with Gasteiger partial charge >= 0.3 is 47.5 Å². The van der Waals surface area contributed by atoms with E-state index in [9.17, 15) is 14.4 Å². The number of fused-ring (bicyclic) bond motifs is 4. The van der Waals surface area contributed by atoms with Crippen LogP contribution in [-0.4, -0.2) is 135 Å². The average Bonchev–Trinajstić information content (AvgIpc) is 1.62. The fraction of sp³-hybridized carbons (Fsp3) is 0.0833. The van der Waals surface area contributed by atoms with E-state index in [4.69, 9.17) is 84.1 Å². The quantitative estimate of drug-likeness (QED) is 0.0102. The van der Waals surface area contributed by atoms with Crippen LogP contribution in [0.2, 0.25) is 5.15 Å². The van der Waals surface area contributed by atoms with Gasteiger partial charge in [-0.2, -0.15) is 0 Å². The summed E-state index contributed by atoms with van der Waals surface area (Å²) in [6.07, 6.45) is 5.63. The number of nitrogens with two attached hydrogens (primary N) is 2. The first-order valence-corrected chi connectivity index (χ1v) is 44.5. The van der Waals surface area contributed by atoms with Crippen molar-refractivity contribution in [1.82, 2.24) is 39.9 Å². The van der Waals surface area contributed by atoms with Gasteiger partial charge in [0.15, 0.2) is 0 Å². The molecule has 31 nitrogen and oxygen atoms in total. The first-order chi connectivity index (χ1) is 68.4. The number of nitrogens with zero attached hydrogens (tertiary/aromatic N) is 8. The summed E-state index contributed by atoms with van der Waals surface area (Å²) in [6.45, 7) is -0.160.